The molecule has 0 atom stereocenters. The summed E-state index contributed by atoms with van der Waals surface area (Å²) in [5.74, 6) is 1.31. The molecule has 178 valence electrons. The molecule has 3 aromatic rings. The monoisotopic (exact) mass is 482 g/mol. The van der Waals surface area contributed by atoms with Gasteiger partial charge in [0.05, 0.1) is 21.3 Å². The maximum Gasteiger partial charge on any atom is 0.273 e. The number of carbonyl (C=O) groups excluding carboxylic acids is 2. The molecule has 0 unspecified atom stereocenters. The first kappa shape index (κ1) is 23.4. The van der Waals surface area contributed by atoms with Gasteiger partial charge in [-0.25, -0.2) is 4.98 Å². The van der Waals surface area contributed by atoms with E-state index in [0.717, 1.165) is 11.4 Å². The molecule has 10 heteroatoms. The second-order valence-electron chi connectivity index (χ2n) is 7.57. The highest BCUT2D eigenvalue weighted by Gasteiger charge is 2.24. The molecule has 0 saturated carbocycles. The Morgan fingerprint density at radius 2 is 1.59 bits per heavy atom. The van der Waals surface area contributed by atoms with Gasteiger partial charge in [-0.05, 0) is 24.3 Å². The van der Waals surface area contributed by atoms with Gasteiger partial charge in [-0.1, -0.05) is 6.07 Å². The summed E-state index contributed by atoms with van der Waals surface area (Å²) in [4.78, 5) is 34.0. The molecular weight excluding hydrogens is 456 g/mol. The number of amides is 2. The number of carbonyl (C=O) groups is 2. The Kier molecular flexibility index (Phi) is 7.17. The zero-order chi connectivity index (χ0) is 24.1. The SMILES string of the molecule is COc1cc(OC)cc(C(=O)Nc2nc(C(=O)N3CCN(c4cccc(OC)c4)CC3)cs2)c1. The van der Waals surface area contributed by atoms with Crippen LogP contribution in [0.2, 0.25) is 0 Å². The standard InChI is InChI=1S/C24H26N4O5S/c1-31-18-6-4-5-17(13-18)27-7-9-28(10-8-27)23(30)21-15-34-24(25-21)26-22(29)16-11-19(32-2)14-20(12-16)33-3/h4-6,11-15H,7-10H2,1-3H3,(H,25,26,29). The van der Waals surface area contributed by atoms with E-state index >= 15 is 0 Å². The number of methoxy groups -OCH3 is 3. The van der Waals surface area contributed by atoms with Crippen LogP contribution in [0.25, 0.3) is 0 Å². The number of piperazine rings is 1. The van der Waals surface area contributed by atoms with E-state index in [1.165, 1.54) is 25.6 Å². The summed E-state index contributed by atoms with van der Waals surface area (Å²) in [7, 11) is 4.69. The average Bonchev–Trinajstić information content (AvgIpc) is 3.36. The van der Waals surface area contributed by atoms with Crippen LogP contribution < -0.4 is 24.4 Å². The van der Waals surface area contributed by atoms with Gasteiger partial charge in [0, 0.05) is 54.9 Å². The molecule has 2 aromatic carbocycles. The fourth-order valence-electron chi connectivity index (χ4n) is 3.67. The van der Waals surface area contributed by atoms with Crippen LogP contribution in [0.5, 0.6) is 17.2 Å². The van der Waals surface area contributed by atoms with Crippen molar-refractivity contribution >= 4 is 34.0 Å². The Morgan fingerprint density at radius 1 is 0.912 bits per heavy atom. The number of hydrogen-bond donors (Lipinski definition) is 1. The number of hydrogen-bond acceptors (Lipinski definition) is 8. The largest absolute Gasteiger partial charge is 0.497 e. The minimum Gasteiger partial charge on any atom is -0.497 e. The number of nitrogens with zero attached hydrogens (tertiary/aromatic N) is 3. The molecule has 1 fully saturated rings. The van der Waals surface area contributed by atoms with Crippen LogP contribution in [-0.4, -0.2) is 69.2 Å². The van der Waals surface area contributed by atoms with Crippen molar-refractivity contribution in [2.45, 2.75) is 0 Å². The Hall–Kier alpha value is -3.79. The molecule has 1 aromatic heterocycles. The van der Waals surface area contributed by atoms with Gasteiger partial charge in [-0.3, -0.25) is 14.9 Å². The zero-order valence-corrected chi connectivity index (χ0v) is 20.1. The van der Waals surface area contributed by atoms with E-state index in [0.29, 0.717) is 54.1 Å². The van der Waals surface area contributed by atoms with E-state index in [1.54, 1.807) is 35.6 Å². The molecule has 1 N–H and O–H groups in total. The zero-order valence-electron chi connectivity index (χ0n) is 19.2. The molecule has 0 aliphatic carbocycles. The van der Waals surface area contributed by atoms with Crippen LogP contribution >= 0.6 is 11.3 Å². The van der Waals surface area contributed by atoms with Gasteiger partial charge in [0.2, 0.25) is 0 Å². The van der Waals surface area contributed by atoms with E-state index in [2.05, 4.69) is 15.2 Å². The predicted octanol–water partition coefficient (Wildman–Crippen LogP) is 3.38. The van der Waals surface area contributed by atoms with E-state index in [9.17, 15) is 9.59 Å². The molecule has 2 heterocycles. The fraction of sp³-hybridized carbons (Fsp3) is 0.292. The maximum atomic E-state index is 13.0. The van der Waals surface area contributed by atoms with Crippen LogP contribution in [0.4, 0.5) is 10.8 Å². The first-order valence-corrected chi connectivity index (χ1v) is 11.6. The second kappa shape index (κ2) is 10.4. The third-order valence-electron chi connectivity index (χ3n) is 5.54. The first-order chi connectivity index (χ1) is 16.5. The van der Waals surface area contributed by atoms with Crippen LogP contribution in [-0.2, 0) is 0 Å². The molecule has 2 amide bonds. The lowest BCUT2D eigenvalue weighted by Crippen LogP contribution is -2.48. The minimum atomic E-state index is -0.363. The molecule has 0 radical (unpaired) electrons. The smallest absolute Gasteiger partial charge is 0.273 e. The summed E-state index contributed by atoms with van der Waals surface area (Å²) in [6.07, 6.45) is 0. The molecule has 34 heavy (non-hydrogen) atoms. The summed E-state index contributed by atoms with van der Waals surface area (Å²) >= 11 is 1.21. The van der Waals surface area contributed by atoms with Crippen molar-refractivity contribution in [3.05, 3.63) is 59.1 Å². The number of anilines is 2. The van der Waals surface area contributed by atoms with Crippen molar-refractivity contribution < 1.29 is 23.8 Å². The van der Waals surface area contributed by atoms with E-state index < -0.39 is 0 Å². The summed E-state index contributed by atoms with van der Waals surface area (Å²) in [6, 6.07) is 12.8. The highest BCUT2D eigenvalue weighted by atomic mass is 32.1. The van der Waals surface area contributed by atoms with Crippen molar-refractivity contribution in [3.63, 3.8) is 0 Å². The number of rotatable bonds is 7. The number of aromatic nitrogens is 1. The lowest BCUT2D eigenvalue weighted by Gasteiger charge is -2.35. The summed E-state index contributed by atoms with van der Waals surface area (Å²) in [6.45, 7) is 2.59. The number of ether oxygens (including phenoxy) is 3. The maximum absolute atomic E-state index is 13.0. The minimum absolute atomic E-state index is 0.148. The third-order valence-corrected chi connectivity index (χ3v) is 6.30. The number of nitrogens with one attached hydrogen (secondary N) is 1. The van der Waals surface area contributed by atoms with Crippen LogP contribution in [0, 0.1) is 0 Å². The average molecular weight is 483 g/mol. The summed E-state index contributed by atoms with van der Waals surface area (Å²) in [5.41, 5.74) is 1.76. The number of benzene rings is 2. The van der Waals surface area contributed by atoms with Crippen molar-refractivity contribution in [1.29, 1.82) is 0 Å². The Morgan fingerprint density at radius 3 is 2.24 bits per heavy atom. The lowest BCUT2D eigenvalue weighted by molar-refractivity contribution is 0.0741. The van der Waals surface area contributed by atoms with E-state index in [4.69, 9.17) is 14.2 Å². The predicted molar refractivity (Wildman–Crippen MR) is 131 cm³/mol. The van der Waals surface area contributed by atoms with Gasteiger partial charge in [-0.2, -0.15) is 0 Å². The van der Waals surface area contributed by atoms with Crippen LogP contribution in [0.3, 0.4) is 0 Å². The Labute approximate surface area is 201 Å². The van der Waals surface area contributed by atoms with Crippen molar-refractivity contribution in [2.24, 2.45) is 0 Å². The van der Waals surface area contributed by atoms with Gasteiger partial charge >= 0.3 is 0 Å². The van der Waals surface area contributed by atoms with E-state index in [1.807, 2.05) is 24.3 Å². The Bertz CT molecular complexity index is 1150. The molecular formula is C24H26N4O5S. The third kappa shape index (κ3) is 5.23. The van der Waals surface area contributed by atoms with Gasteiger partial charge in [-0.15, -0.1) is 11.3 Å². The lowest BCUT2D eigenvalue weighted by atomic mass is 10.2. The molecule has 0 bridgehead atoms. The van der Waals surface area contributed by atoms with Crippen LogP contribution in [0.1, 0.15) is 20.8 Å². The van der Waals surface area contributed by atoms with Crippen molar-refractivity contribution in [1.82, 2.24) is 9.88 Å². The molecule has 1 aliphatic heterocycles. The van der Waals surface area contributed by atoms with Gasteiger partial charge in [0.15, 0.2) is 5.13 Å². The second-order valence-corrected chi connectivity index (χ2v) is 8.43. The van der Waals surface area contributed by atoms with Crippen LogP contribution in [0.15, 0.2) is 47.8 Å². The molecule has 1 saturated heterocycles. The first-order valence-electron chi connectivity index (χ1n) is 10.7. The highest BCUT2D eigenvalue weighted by Crippen LogP contribution is 2.25. The molecule has 4 rings (SSSR count). The summed E-state index contributed by atoms with van der Waals surface area (Å²) in [5, 5.41) is 4.76. The fourth-order valence-corrected chi connectivity index (χ4v) is 4.35. The van der Waals surface area contributed by atoms with E-state index in [-0.39, 0.29) is 11.8 Å². The van der Waals surface area contributed by atoms with Gasteiger partial charge in [0.25, 0.3) is 11.8 Å². The number of thiazole rings is 1. The molecule has 9 nitrogen and oxygen atoms in total. The molecule has 1 aliphatic rings. The quantitative estimate of drug-likeness (QED) is 0.552. The summed E-state index contributed by atoms with van der Waals surface area (Å²) < 4.78 is 15.7. The van der Waals surface area contributed by atoms with Gasteiger partial charge in [0.1, 0.15) is 22.9 Å². The normalized spacial score (nSPS) is 13.4. The highest BCUT2D eigenvalue weighted by molar-refractivity contribution is 7.14. The molecule has 0 spiro atoms. The van der Waals surface area contributed by atoms with Crippen molar-refractivity contribution in [3.8, 4) is 17.2 Å². The van der Waals surface area contributed by atoms with Crippen molar-refractivity contribution in [2.75, 3.05) is 57.7 Å². The topological polar surface area (TPSA) is 93.2 Å². The Balaban J connectivity index is 1.37. The van der Waals surface area contributed by atoms with Gasteiger partial charge < -0.3 is 24.0 Å².